The van der Waals surface area contributed by atoms with E-state index in [-0.39, 0.29) is 0 Å². The Morgan fingerprint density at radius 3 is 1.60 bits per heavy atom. The quantitative estimate of drug-likeness (QED) is 0.613. The highest BCUT2D eigenvalue weighted by atomic mass is 16.7. The highest BCUT2D eigenvalue weighted by Gasteiger charge is 2.35. The molecule has 0 atom stereocenters. The maximum Gasteiger partial charge on any atom is 0.158 e. The molecule has 0 radical (unpaired) electrons. The van der Waals surface area contributed by atoms with Gasteiger partial charge in [-0.25, -0.2) is 0 Å². The lowest BCUT2D eigenvalue weighted by Crippen LogP contribution is -2.44. The molecule has 0 aromatic rings. The monoisotopic (exact) mass is 216 g/mol. The molecule has 0 aliphatic carbocycles. The second-order valence-corrected chi connectivity index (χ2v) is 4.74. The largest absolute Gasteiger partial charge is 0.421 e. The van der Waals surface area contributed by atoms with Crippen LogP contribution in [0.25, 0.3) is 0 Å². The second-order valence-electron chi connectivity index (χ2n) is 4.74. The summed E-state index contributed by atoms with van der Waals surface area (Å²) in [6.45, 7) is 13.2. The van der Waals surface area contributed by atoms with Gasteiger partial charge in [0.05, 0.1) is 13.2 Å². The molecule has 88 valence electrons. The molecule has 3 heteroatoms. The molecule has 15 heavy (non-hydrogen) atoms. The molecule has 3 nitrogen and oxygen atoms in total. The second kappa shape index (κ2) is 5.28. The van der Waals surface area contributed by atoms with Gasteiger partial charge in [-0.3, -0.25) is 0 Å². The van der Waals surface area contributed by atoms with E-state index in [1.807, 2.05) is 0 Å². The van der Waals surface area contributed by atoms with Crippen LogP contribution in [0.4, 0.5) is 0 Å². The molecular formula is C12H24O3+2. The predicted molar refractivity (Wildman–Crippen MR) is 60.5 cm³/mol. The SMILES string of the molecule is CC[O+]1CC(COCC2C[O+](CC)C2)C1. The van der Waals surface area contributed by atoms with Crippen LogP contribution in [0.2, 0.25) is 0 Å². The van der Waals surface area contributed by atoms with Gasteiger partial charge in [0.25, 0.3) is 0 Å². The van der Waals surface area contributed by atoms with Crippen LogP contribution in [-0.4, -0.2) is 52.9 Å². The van der Waals surface area contributed by atoms with Crippen LogP contribution in [0, 0.1) is 11.8 Å². The van der Waals surface area contributed by atoms with Gasteiger partial charge in [0, 0.05) is 13.8 Å². The number of rotatable bonds is 6. The van der Waals surface area contributed by atoms with Crippen molar-refractivity contribution in [1.82, 2.24) is 0 Å². The average Bonchev–Trinajstić information content (AvgIpc) is 2.11. The smallest absolute Gasteiger partial charge is 0.158 e. The van der Waals surface area contributed by atoms with E-state index in [9.17, 15) is 0 Å². The molecule has 2 saturated heterocycles. The van der Waals surface area contributed by atoms with Crippen molar-refractivity contribution in [2.75, 3.05) is 52.9 Å². The van der Waals surface area contributed by atoms with Gasteiger partial charge in [-0.05, 0) is 0 Å². The fourth-order valence-corrected chi connectivity index (χ4v) is 2.30. The molecule has 0 aromatic heterocycles. The Kier molecular flexibility index (Phi) is 4.00. The molecule has 0 saturated carbocycles. The highest BCUT2D eigenvalue weighted by Crippen LogP contribution is 2.22. The van der Waals surface area contributed by atoms with E-state index in [4.69, 9.17) is 4.74 Å². The zero-order chi connectivity index (χ0) is 10.7. The first kappa shape index (κ1) is 11.4. The molecule has 2 rings (SSSR count). The third-order valence-corrected chi connectivity index (χ3v) is 3.41. The minimum Gasteiger partial charge on any atom is -0.421 e. The van der Waals surface area contributed by atoms with Gasteiger partial charge in [-0.2, -0.15) is 0 Å². The zero-order valence-corrected chi connectivity index (χ0v) is 10.0. The van der Waals surface area contributed by atoms with Crippen molar-refractivity contribution in [3.63, 3.8) is 0 Å². The van der Waals surface area contributed by atoms with E-state index in [0.29, 0.717) is 0 Å². The Morgan fingerprint density at radius 2 is 1.27 bits per heavy atom. The Bertz CT molecular complexity index is 163. The molecule has 0 bridgehead atoms. The third kappa shape index (κ3) is 2.92. The summed E-state index contributed by atoms with van der Waals surface area (Å²) >= 11 is 0. The topological polar surface area (TPSA) is 14.6 Å². The first-order valence-corrected chi connectivity index (χ1v) is 6.17. The normalized spacial score (nSPS) is 25.2. The van der Waals surface area contributed by atoms with Crippen LogP contribution in [0.15, 0.2) is 0 Å². The highest BCUT2D eigenvalue weighted by molar-refractivity contribution is 4.72. The maximum atomic E-state index is 5.75. The van der Waals surface area contributed by atoms with Crippen LogP contribution < -0.4 is 0 Å². The average molecular weight is 216 g/mol. The van der Waals surface area contributed by atoms with Gasteiger partial charge >= 0.3 is 0 Å². The van der Waals surface area contributed by atoms with Gasteiger partial charge < -0.3 is 13.5 Å². The van der Waals surface area contributed by atoms with Crippen molar-refractivity contribution in [1.29, 1.82) is 0 Å². The molecule has 2 aliphatic rings. The first-order valence-electron chi connectivity index (χ1n) is 6.17. The van der Waals surface area contributed by atoms with E-state index in [2.05, 4.69) is 22.6 Å². The lowest BCUT2D eigenvalue weighted by atomic mass is 10.1. The Labute approximate surface area is 92.7 Å². The van der Waals surface area contributed by atoms with Gasteiger partial charge in [0.2, 0.25) is 0 Å². The summed E-state index contributed by atoms with van der Waals surface area (Å²) in [5, 5.41) is 0. The molecule has 0 unspecified atom stereocenters. The van der Waals surface area contributed by atoms with E-state index < -0.39 is 0 Å². The summed E-state index contributed by atoms with van der Waals surface area (Å²) in [6, 6.07) is 0. The molecular weight excluding hydrogens is 192 g/mol. The summed E-state index contributed by atoms with van der Waals surface area (Å²) in [7, 11) is 0. The summed E-state index contributed by atoms with van der Waals surface area (Å²) in [5.41, 5.74) is 0. The first-order chi connectivity index (χ1) is 7.31. The minimum atomic E-state index is 0.768. The van der Waals surface area contributed by atoms with Crippen LogP contribution in [0.3, 0.4) is 0 Å². The molecule has 0 aromatic carbocycles. The third-order valence-electron chi connectivity index (χ3n) is 3.41. The van der Waals surface area contributed by atoms with Gasteiger partial charge in [0.15, 0.2) is 26.4 Å². The van der Waals surface area contributed by atoms with Crippen molar-refractivity contribution in [3.8, 4) is 0 Å². The number of hydrogen-bond donors (Lipinski definition) is 0. The molecule has 2 aliphatic heterocycles. The van der Waals surface area contributed by atoms with Crippen molar-refractivity contribution in [3.05, 3.63) is 0 Å². The summed E-state index contributed by atoms with van der Waals surface area (Å²) in [5.74, 6) is 1.54. The van der Waals surface area contributed by atoms with Crippen LogP contribution in [0.5, 0.6) is 0 Å². The summed E-state index contributed by atoms with van der Waals surface area (Å²) < 4.78 is 12.1. The minimum absolute atomic E-state index is 0.768. The Balaban J connectivity index is 1.44. The van der Waals surface area contributed by atoms with E-state index in [1.54, 1.807) is 0 Å². The molecule has 2 fully saturated rings. The van der Waals surface area contributed by atoms with Crippen molar-refractivity contribution in [2.45, 2.75) is 13.8 Å². The number of ether oxygens (including phenoxy) is 1. The van der Waals surface area contributed by atoms with Crippen molar-refractivity contribution >= 4 is 0 Å². The Hall–Kier alpha value is -0.120. The number of hydrogen-bond acceptors (Lipinski definition) is 1. The zero-order valence-electron chi connectivity index (χ0n) is 10.0. The van der Waals surface area contributed by atoms with E-state index >= 15 is 0 Å². The van der Waals surface area contributed by atoms with Crippen molar-refractivity contribution in [2.24, 2.45) is 11.8 Å². The van der Waals surface area contributed by atoms with Crippen molar-refractivity contribution < 1.29 is 13.5 Å². The fraction of sp³-hybridized carbons (Fsp3) is 1.00. The summed E-state index contributed by atoms with van der Waals surface area (Å²) in [4.78, 5) is 0. The fourth-order valence-electron chi connectivity index (χ4n) is 2.30. The van der Waals surface area contributed by atoms with Gasteiger partial charge in [0.1, 0.15) is 25.0 Å². The molecule has 0 amide bonds. The van der Waals surface area contributed by atoms with Gasteiger partial charge in [-0.15, -0.1) is 0 Å². The standard InChI is InChI=1S/C12H24O3/c1-3-14-7-11(8-14)5-13-6-12-9-15(4-2)10-12/h11-12H,3-10H2,1-2H3/q+2. The lowest BCUT2D eigenvalue weighted by molar-refractivity contribution is -0.267. The van der Waals surface area contributed by atoms with Crippen LogP contribution >= 0.6 is 0 Å². The molecule has 0 N–H and O–H groups in total. The molecule has 0 spiro atoms. The maximum absolute atomic E-state index is 5.75. The van der Waals surface area contributed by atoms with Crippen LogP contribution in [0.1, 0.15) is 13.8 Å². The summed E-state index contributed by atoms with van der Waals surface area (Å²) in [6.07, 6.45) is 0. The lowest BCUT2D eigenvalue weighted by Gasteiger charge is -2.35. The Morgan fingerprint density at radius 1 is 0.867 bits per heavy atom. The van der Waals surface area contributed by atoms with E-state index in [1.165, 1.54) is 0 Å². The molecule has 2 heterocycles. The van der Waals surface area contributed by atoms with Crippen LogP contribution in [-0.2, 0) is 13.5 Å². The van der Waals surface area contributed by atoms with Gasteiger partial charge in [-0.1, -0.05) is 0 Å². The predicted octanol–water partition coefficient (Wildman–Crippen LogP) is 1.41. The van der Waals surface area contributed by atoms with E-state index in [0.717, 1.165) is 64.7 Å².